The van der Waals surface area contributed by atoms with Crippen LogP contribution in [0.1, 0.15) is 33.1 Å². The molecular formula is C12H21NO3S. The Balaban J connectivity index is 2.38. The molecule has 0 bridgehead atoms. The van der Waals surface area contributed by atoms with Crippen molar-refractivity contribution in [2.24, 2.45) is 5.92 Å². The smallest absolute Gasteiger partial charge is 0.303 e. The first-order valence-electron chi connectivity index (χ1n) is 6.14. The number of hydrogen-bond acceptors (Lipinski definition) is 3. The zero-order chi connectivity index (χ0) is 12.8. The van der Waals surface area contributed by atoms with Crippen molar-refractivity contribution in [3.63, 3.8) is 0 Å². The van der Waals surface area contributed by atoms with Crippen LogP contribution in [0.3, 0.4) is 0 Å². The number of rotatable bonds is 5. The van der Waals surface area contributed by atoms with E-state index >= 15 is 0 Å². The van der Waals surface area contributed by atoms with Crippen LogP contribution in [-0.2, 0) is 9.59 Å². The number of aliphatic carboxylic acids is 1. The van der Waals surface area contributed by atoms with E-state index in [-0.39, 0.29) is 18.2 Å². The van der Waals surface area contributed by atoms with E-state index in [0.717, 1.165) is 25.3 Å². The van der Waals surface area contributed by atoms with Crippen molar-refractivity contribution in [1.29, 1.82) is 0 Å². The van der Waals surface area contributed by atoms with Gasteiger partial charge >= 0.3 is 5.97 Å². The van der Waals surface area contributed by atoms with Gasteiger partial charge in [-0.05, 0) is 12.3 Å². The summed E-state index contributed by atoms with van der Waals surface area (Å²) in [5, 5.41) is 9.20. The maximum atomic E-state index is 12.0. The van der Waals surface area contributed by atoms with E-state index in [0.29, 0.717) is 11.7 Å². The Morgan fingerprint density at radius 2 is 2.18 bits per heavy atom. The first-order chi connectivity index (χ1) is 8.02. The van der Waals surface area contributed by atoms with Gasteiger partial charge in [0.2, 0.25) is 5.91 Å². The Hall–Kier alpha value is -0.710. The van der Waals surface area contributed by atoms with Gasteiger partial charge in [-0.1, -0.05) is 13.8 Å². The second-order valence-corrected chi connectivity index (χ2v) is 6.06. The summed E-state index contributed by atoms with van der Waals surface area (Å²) in [5.41, 5.74) is 0. The van der Waals surface area contributed by atoms with Gasteiger partial charge in [-0.2, -0.15) is 11.8 Å². The molecule has 1 fully saturated rings. The number of carbonyl (C=O) groups excluding carboxylic acids is 1. The van der Waals surface area contributed by atoms with E-state index in [4.69, 9.17) is 5.11 Å². The number of carboxylic acids is 1. The van der Waals surface area contributed by atoms with E-state index in [1.54, 1.807) is 0 Å². The number of thioether (sulfide) groups is 1. The average molecular weight is 259 g/mol. The van der Waals surface area contributed by atoms with Crippen LogP contribution in [0.25, 0.3) is 0 Å². The molecule has 4 nitrogen and oxygen atoms in total. The summed E-state index contributed by atoms with van der Waals surface area (Å²) >= 11 is 1.93. The normalized spacial score (nSPS) is 22.2. The van der Waals surface area contributed by atoms with Crippen LogP contribution in [-0.4, -0.2) is 46.0 Å². The molecule has 0 radical (unpaired) electrons. The third kappa shape index (κ3) is 4.98. The lowest BCUT2D eigenvalue weighted by Gasteiger charge is -2.32. The quantitative estimate of drug-likeness (QED) is 0.818. The zero-order valence-electron chi connectivity index (χ0n) is 10.5. The van der Waals surface area contributed by atoms with Gasteiger partial charge in [0.1, 0.15) is 0 Å². The SMILES string of the molecule is CCC1CN(C(=O)CC(C)CC(=O)O)CCS1. The zero-order valence-corrected chi connectivity index (χ0v) is 11.3. The van der Waals surface area contributed by atoms with E-state index in [1.807, 2.05) is 23.6 Å². The molecule has 0 aromatic heterocycles. The minimum atomic E-state index is -0.828. The first kappa shape index (κ1) is 14.4. The fourth-order valence-electron chi connectivity index (χ4n) is 1.99. The molecule has 5 heteroatoms. The van der Waals surface area contributed by atoms with Crippen LogP contribution in [0, 0.1) is 5.92 Å². The topological polar surface area (TPSA) is 57.6 Å². The van der Waals surface area contributed by atoms with E-state index < -0.39 is 5.97 Å². The highest BCUT2D eigenvalue weighted by atomic mass is 32.2. The van der Waals surface area contributed by atoms with Crippen LogP contribution in [0.15, 0.2) is 0 Å². The Bertz CT molecular complexity index is 283. The highest BCUT2D eigenvalue weighted by Gasteiger charge is 2.24. The Kier molecular flexibility index (Phi) is 5.82. The molecule has 1 amide bonds. The number of carbonyl (C=O) groups is 2. The summed E-state index contributed by atoms with van der Waals surface area (Å²) in [4.78, 5) is 24.4. The van der Waals surface area contributed by atoms with Crippen molar-refractivity contribution < 1.29 is 14.7 Å². The molecule has 0 saturated carbocycles. The summed E-state index contributed by atoms with van der Waals surface area (Å²) < 4.78 is 0. The van der Waals surface area contributed by atoms with Gasteiger partial charge < -0.3 is 10.0 Å². The molecule has 0 aliphatic carbocycles. The molecule has 1 aliphatic heterocycles. The Labute approximate surface area is 107 Å². The molecule has 0 aromatic carbocycles. The predicted molar refractivity (Wildman–Crippen MR) is 69.2 cm³/mol. The lowest BCUT2D eigenvalue weighted by molar-refractivity contribution is -0.138. The van der Waals surface area contributed by atoms with Gasteiger partial charge in [0, 0.05) is 36.9 Å². The van der Waals surface area contributed by atoms with Crippen LogP contribution >= 0.6 is 11.8 Å². The molecule has 17 heavy (non-hydrogen) atoms. The summed E-state index contributed by atoms with van der Waals surface area (Å²) in [6.07, 6.45) is 1.51. The molecule has 1 rings (SSSR count). The van der Waals surface area contributed by atoms with Crippen molar-refractivity contribution in [1.82, 2.24) is 4.90 Å². The minimum absolute atomic E-state index is 0.0744. The molecule has 0 spiro atoms. The largest absolute Gasteiger partial charge is 0.481 e. The van der Waals surface area contributed by atoms with Crippen LogP contribution in [0.2, 0.25) is 0 Å². The summed E-state index contributed by atoms with van der Waals surface area (Å²) in [7, 11) is 0. The van der Waals surface area contributed by atoms with Crippen molar-refractivity contribution >= 4 is 23.6 Å². The number of hydrogen-bond donors (Lipinski definition) is 1. The Morgan fingerprint density at radius 3 is 2.76 bits per heavy atom. The standard InChI is InChI=1S/C12H21NO3S/c1-3-10-8-13(4-5-17-10)11(14)6-9(2)7-12(15)16/h9-10H,3-8H2,1-2H3,(H,15,16). The molecule has 2 unspecified atom stereocenters. The molecule has 0 aromatic rings. The maximum Gasteiger partial charge on any atom is 0.303 e. The third-order valence-electron chi connectivity index (χ3n) is 2.99. The highest BCUT2D eigenvalue weighted by Crippen LogP contribution is 2.22. The van der Waals surface area contributed by atoms with E-state index in [1.165, 1.54) is 0 Å². The lowest BCUT2D eigenvalue weighted by atomic mass is 10.0. The van der Waals surface area contributed by atoms with Gasteiger partial charge in [0.05, 0.1) is 0 Å². The summed E-state index contributed by atoms with van der Waals surface area (Å²) in [5.74, 6) is 0.204. The second-order valence-electron chi connectivity index (χ2n) is 4.65. The monoisotopic (exact) mass is 259 g/mol. The molecule has 98 valence electrons. The first-order valence-corrected chi connectivity index (χ1v) is 7.19. The fourth-order valence-corrected chi connectivity index (χ4v) is 3.17. The van der Waals surface area contributed by atoms with Gasteiger partial charge in [0.15, 0.2) is 0 Å². The van der Waals surface area contributed by atoms with Crippen molar-refractivity contribution in [2.45, 2.75) is 38.4 Å². The minimum Gasteiger partial charge on any atom is -0.481 e. The van der Waals surface area contributed by atoms with Crippen LogP contribution in [0.4, 0.5) is 0 Å². The predicted octanol–water partition coefficient (Wildman–Crippen LogP) is 1.84. The van der Waals surface area contributed by atoms with Crippen molar-refractivity contribution in [3.05, 3.63) is 0 Å². The number of amides is 1. The fraction of sp³-hybridized carbons (Fsp3) is 0.833. The third-order valence-corrected chi connectivity index (χ3v) is 4.37. The Morgan fingerprint density at radius 1 is 1.47 bits per heavy atom. The summed E-state index contributed by atoms with van der Waals surface area (Å²) in [6, 6.07) is 0. The number of nitrogens with zero attached hydrogens (tertiary/aromatic N) is 1. The van der Waals surface area contributed by atoms with E-state index in [2.05, 4.69) is 6.92 Å². The second kappa shape index (κ2) is 6.89. The number of carboxylic acid groups (broad SMARTS) is 1. The van der Waals surface area contributed by atoms with Gasteiger partial charge in [-0.25, -0.2) is 0 Å². The van der Waals surface area contributed by atoms with Gasteiger partial charge in [0.25, 0.3) is 0 Å². The van der Waals surface area contributed by atoms with Crippen LogP contribution < -0.4 is 0 Å². The molecule has 1 saturated heterocycles. The molecule has 1 heterocycles. The molecule has 2 atom stereocenters. The highest BCUT2D eigenvalue weighted by molar-refractivity contribution is 8.00. The van der Waals surface area contributed by atoms with Gasteiger partial charge in [-0.3, -0.25) is 9.59 Å². The molecular weight excluding hydrogens is 238 g/mol. The van der Waals surface area contributed by atoms with Crippen LogP contribution in [0.5, 0.6) is 0 Å². The van der Waals surface area contributed by atoms with Gasteiger partial charge in [-0.15, -0.1) is 0 Å². The molecule has 1 aliphatic rings. The summed E-state index contributed by atoms with van der Waals surface area (Å²) in [6.45, 7) is 5.58. The lowest BCUT2D eigenvalue weighted by Crippen LogP contribution is -2.42. The van der Waals surface area contributed by atoms with E-state index in [9.17, 15) is 9.59 Å². The molecule has 1 N–H and O–H groups in total. The maximum absolute atomic E-state index is 12.0. The van der Waals surface area contributed by atoms with Crippen molar-refractivity contribution in [3.8, 4) is 0 Å². The average Bonchev–Trinajstić information content (AvgIpc) is 2.27. The van der Waals surface area contributed by atoms with Crippen molar-refractivity contribution in [2.75, 3.05) is 18.8 Å².